The van der Waals surface area contributed by atoms with E-state index in [4.69, 9.17) is 10.4 Å². The Labute approximate surface area is 96.5 Å². The van der Waals surface area contributed by atoms with Gasteiger partial charge < -0.3 is 5.11 Å². The Morgan fingerprint density at radius 3 is 2.53 bits per heavy atom. The minimum absolute atomic E-state index is 0.313. The van der Waals surface area contributed by atoms with Gasteiger partial charge in [-0.15, -0.1) is 0 Å². The Morgan fingerprint density at radius 1 is 1.53 bits per heavy atom. The first kappa shape index (κ1) is 11.7. The zero-order valence-electron chi connectivity index (χ0n) is 8.25. The van der Waals surface area contributed by atoms with Crippen LogP contribution in [-0.4, -0.2) is 11.1 Å². The fraction of sp³-hybridized carbons (Fsp3) is 0.273. The third-order valence-electron chi connectivity index (χ3n) is 2.17. The number of carbonyl (C=O) groups is 1. The number of aromatic carboxylic acids is 1. The predicted molar refractivity (Wildman–Crippen MR) is 60.1 cm³/mol. The molecule has 0 aliphatic carbocycles. The molecule has 3 nitrogen and oxygen atoms in total. The van der Waals surface area contributed by atoms with E-state index in [1.807, 2.05) is 13.0 Å². The lowest BCUT2D eigenvalue weighted by molar-refractivity contribution is 0.0695. The summed E-state index contributed by atoms with van der Waals surface area (Å²) in [6.45, 7) is 1.88. The van der Waals surface area contributed by atoms with Crippen molar-refractivity contribution in [3.8, 4) is 6.07 Å². The summed E-state index contributed by atoms with van der Waals surface area (Å²) in [6.07, 6.45) is 0.608. The molecule has 1 N–H and O–H groups in total. The number of carboxylic acid groups (broad SMARTS) is 1. The molecule has 0 aromatic heterocycles. The molecular formula is C11H10BrNO2. The molecule has 0 fully saturated rings. The van der Waals surface area contributed by atoms with Crippen LogP contribution in [0.4, 0.5) is 0 Å². The molecule has 0 saturated carbocycles. The van der Waals surface area contributed by atoms with Crippen molar-refractivity contribution >= 4 is 21.9 Å². The topological polar surface area (TPSA) is 61.1 Å². The largest absolute Gasteiger partial charge is 0.478 e. The van der Waals surface area contributed by atoms with E-state index in [-0.39, 0.29) is 0 Å². The molecule has 0 aliphatic rings. The number of benzene rings is 1. The van der Waals surface area contributed by atoms with Gasteiger partial charge in [-0.3, -0.25) is 0 Å². The van der Waals surface area contributed by atoms with Crippen LogP contribution in [0.3, 0.4) is 0 Å². The Kier molecular flexibility index (Phi) is 3.87. The minimum Gasteiger partial charge on any atom is -0.478 e. The summed E-state index contributed by atoms with van der Waals surface area (Å²) in [5, 5.41) is 18.3. The summed E-state index contributed by atoms with van der Waals surface area (Å²) in [7, 11) is 0. The minimum atomic E-state index is -0.939. The molecule has 0 saturated heterocycles. The summed E-state index contributed by atoms with van der Waals surface area (Å²) >= 11 is 3.23. The molecule has 0 atom stereocenters. The lowest BCUT2D eigenvalue weighted by Gasteiger charge is -2.08. The molecule has 1 aromatic rings. The number of alkyl halides is 1. The van der Waals surface area contributed by atoms with Gasteiger partial charge in [0.2, 0.25) is 0 Å². The highest BCUT2D eigenvalue weighted by Crippen LogP contribution is 2.20. The molecule has 4 heteroatoms. The number of aryl methyl sites for hydroxylation is 1. The van der Waals surface area contributed by atoms with Crippen LogP contribution in [-0.2, 0) is 11.8 Å². The molecule has 1 rings (SSSR count). The number of halogens is 1. The molecule has 15 heavy (non-hydrogen) atoms. The van der Waals surface area contributed by atoms with Crippen molar-refractivity contribution in [3.05, 3.63) is 34.4 Å². The molecule has 0 unspecified atom stereocenters. The van der Waals surface area contributed by atoms with Crippen LogP contribution in [0.15, 0.2) is 12.1 Å². The highest BCUT2D eigenvalue weighted by atomic mass is 79.9. The van der Waals surface area contributed by atoms with E-state index in [0.717, 1.165) is 0 Å². The molecule has 1 aromatic carbocycles. The van der Waals surface area contributed by atoms with Gasteiger partial charge >= 0.3 is 5.97 Å². The third-order valence-corrected chi connectivity index (χ3v) is 2.77. The molecule has 0 amide bonds. The van der Waals surface area contributed by atoms with E-state index in [1.165, 1.54) is 0 Å². The maximum Gasteiger partial charge on any atom is 0.336 e. The fourth-order valence-corrected chi connectivity index (χ4v) is 1.93. The Bertz CT molecular complexity index is 410. The van der Waals surface area contributed by atoms with E-state index >= 15 is 0 Å². The number of nitriles is 1. The SMILES string of the molecule is CCc1cc(C#N)cc(CBr)c1C(=O)O. The number of rotatable bonds is 3. The van der Waals surface area contributed by atoms with Gasteiger partial charge in [-0.2, -0.15) is 5.26 Å². The second-order valence-corrected chi connectivity index (χ2v) is 3.63. The van der Waals surface area contributed by atoms with E-state index in [2.05, 4.69) is 15.9 Å². The van der Waals surface area contributed by atoms with Crippen LogP contribution >= 0.6 is 15.9 Å². The van der Waals surface area contributed by atoms with E-state index in [1.54, 1.807) is 12.1 Å². The van der Waals surface area contributed by atoms with Crippen molar-refractivity contribution in [1.82, 2.24) is 0 Å². The van der Waals surface area contributed by atoms with Crippen molar-refractivity contribution in [2.45, 2.75) is 18.7 Å². The summed E-state index contributed by atoms with van der Waals surface area (Å²) in [6, 6.07) is 5.27. The summed E-state index contributed by atoms with van der Waals surface area (Å²) in [5.74, 6) is -0.939. The average Bonchev–Trinajstić information content (AvgIpc) is 2.26. The second-order valence-electron chi connectivity index (χ2n) is 3.07. The number of hydrogen-bond donors (Lipinski definition) is 1. The van der Waals surface area contributed by atoms with E-state index in [9.17, 15) is 4.79 Å². The first-order chi connectivity index (χ1) is 7.13. The number of nitrogens with zero attached hydrogens (tertiary/aromatic N) is 1. The van der Waals surface area contributed by atoms with Gasteiger partial charge in [0.05, 0.1) is 17.2 Å². The highest BCUT2D eigenvalue weighted by Gasteiger charge is 2.15. The van der Waals surface area contributed by atoms with Gasteiger partial charge in [0.15, 0.2) is 0 Å². The maximum absolute atomic E-state index is 11.1. The molecule has 0 aliphatic heterocycles. The summed E-state index contributed by atoms with van der Waals surface area (Å²) in [5.41, 5.74) is 2.18. The molecule has 0 spiro atoms. The van der Waals surface area contributed by atoms with Gasteiger partial charge in [-0.1, -0.05) is 22.9 Å². The van der Waals surface area contributed by atoms with Crippen molar-refractivity contribution in [2.75, 3.05) is 0 Å². The molecule has 78 valence electrons. The van der Waals surface area contributed by atoms with Crippen LogP contribution in [0.5, 0.6) is 0 Å². The van der Waals surface area contributed by atoms with Crippen molar-refractivity contribution in [3.63, 3.8) is 0 Å². The van der Waals surface area contributed by atoms with Crippen molar-refractivity contribution < 1.29 is 9.90 Å². The van der Waals surface area contributed by atoms with Crippen LogP contribution in [0.25, 0.3) is 0 Å². The lowest BCUT2D eigenvalue weighted by Crippen LogP contribution is -2.06. The van der Waals surface area contributed by atoms with Crippen LogP contribution in [0.1, 0.15) is 34.0 Å². The highest BCUT2D eigenvalue weighted by molar-refractivity contribution is 9.08. The van der Waals surface area contributed by atoms with Crippen LogP contribution in [0, 0.1) is 11.3 Å². The van der Waals surface area contributed by atoms with Gasteiger partial charge in [0.1, 0.15) is 0 Å². The van der Waals surface area contributed by atoms with Gasteiger partial charge in [-0.05, 0) is 29.7 Å². The Balaban J connectivity index is 3.48. The predicted octanol–water partition coefficient (Wildman–Crippen LogP) is 2.71. The standard InChI is InChI=1S/C11H10BrNO2/c1-2-8-3-7(6-13)4-9(5-12)10(8)11(14)15/h3-4H,2,5H2,1H3,(H,14,15). The molecule has 0 heterocycles. The van der Waals surface area contributed by atoms with Crippen LogP contribution < -0.4 is 0 Å². The van der Waals surface area contributed by atoms with E-state index < -0.39 is 5.97 Å². The quantitative estimate of drug-likeness (QED) is 0.857. The Hall–Kier alpha value is -1.34. The smallest absolute Gasteiger partial charge is 0.336 e. The Morgan fingerprint density at radius 2 is 2.13 bits per heavy atom. The number of hydrogen-bond acceptors (Lipinski definition) is 2. The normalized spacial score (nSPS) is 9.67. The molecule has 0 bridgehead atoms. The first-order valence-corrected chi connectivity index (χ1v) is 5.61. The third kappa shape index (κ3) is 2.37. The van der Waals surface area contributed by atoms with E-state index in [0.29, 0.717) is 34.0 Å². The summed E-state index contributed by atoms with van der Waals surface area (Å²) in [4.78, 5) is 11.1. The second kappa shape index (κ2) is 4.94. The zero-order valence-corrected chi connectivity index (χ0v) is 9.84. The molecular weight excluding hydrogens is 258 g/mol. The van der Waals surface area contributed by atoms with Gasteiger partial charge in [0, 0.05) is 5.33 Å². The van der Waals surface area contributed by atoms with Crippen LogP contribution in [0.2, 0.25) is 0 Å². The first-order valence-electron chi connectivity index (χ1n) is 4.49. The average molecular weight is 268 g/mol. The molecule has 0 radical (unpaired) electrons. The van der Waals surface area contributed by atoms with Gasteiger partial charge in [-0.25, -0.2) is 4.79 Å². The van der Waals surface area contributed by atoms with Crippen molar-refractivity contribution in [2.24, 2.45) is 0 Å². The maximum atomic E-state index is 11.1. The lowest BCUT2D eigenvalue weighted by atomic mass is 9.97. The van der Waals surface area contributed by atoms with Gasteiger partial charge in [0.25, 0.3) is 0 Å². The zero-order chi connectivity index (χ0) is 11.4. The monoisotopic (exact) mass is 267 g/mol. The number of carboxylic acids is 1. The van der Waals surface area contributed by atoms with Crippen molar-refractivity contribution in [1.29, 1.82) is 5.26 Å². The summed E-state index contributed by atoms with van der Waals surface area (Å²) < 4.78 is 0. The fourth-order valence-electron chi connectivity index (χ4n) is 1.49.